The third kappa shape index (κ3) is 5.23. The van der Waals surface area contributed by atoms with Gasteiger partial charge in [-0.2, -0.15) is 10.5 Å². The first-order valence-corrected chi connectivity index (χ1v) is 8.64. The average Bonchev–Trinajstić information content (AvgIpc) is 2.50. The van der Waals surface area contributed by atoms with E-state index in [1.54, 1.807) is 0 Å². The molecule has 3 heteroatoms. The lowest BCUT2D eigenvalue weighted by molar-refractivity contribution is 0.530. The van der Waals surface area contributed by atoms with Crippen LogP contribution in [-0.4, -0.2) is 0 Å². The van der Waals surface area contributed by atoms with Crippen LogP contribution in [0.3, 0.4) is 0 Å². The minimum atomic E-state index is -0.00339. The van der Waals surface area contributed by atoms with Crippen LogP contribution >= 0.6 is 0 Å². The zero-order valence-electron chi connectivity index (χ0n) is 14.3. The Hall–Kier alpha value is -1.74. The van der Waals surface area contributed by atoms with Crippen molar-refractivity contribution < 1.29 is 0 Å². The summed E-state index contributed by atoms with van der Waals surface area (Å²) in [7, 11) is 0. The Morgan fingerprint density at radius 1 is 0.818 bits per heavy atom. The molecule has 120 valence electrons. The Morgan fingerprint density at radius 3 is 1.73 bits per heavy atom. The molecule has 0 unspecified atom stereocenters. The van der Waals surface area contributed by atoms with Gasteiger partial charge in [-0.25, -0.2) is 0 Å². The van der Waals surface area contributed by atoms with Crippen LogP contribution in [-0.2, 0) is 0 Å². The zero-order valence-corrected chi connectivity index (χ0v) is 14.3. The van der Waals surface area contributed by atoms with Gasteiger partial charge in [-0.15, -0.1) is 0 Å². The van der Waals surface area contributed by atoms with E-state index in [0.29, 0.717) is 0 Å². The van der Waals surface area contributed by atoms with Crippen LogP contribution in [0.25, 0.3) is 0 Å². The predicted molar refractivity (Wildman–Crippen MR) is 90.5 cm³/mol. The van der Waals surface area contributed by atoms with Gasteiger partial charge in [0.15, 0.2) is 0 Å². The Kier molecular flexibility index (Phi) is 8.38. The van der Waals surface area contributed by atoms with Crippen LogP contribution < -0.4 is 5.32 Å². The summed E-state index contributed by atoms with van der Waals surface area (Å²) in [5.74, 6) is -0.00339. The number of dihydropyridines is 1. The largest absolute Gasteiger partial charge is 0.361 e. The van der Waals surface area contributed by atoms with Crippen molar-refractivity contribution in [1.29, 1.82) is 10.5 Å². The van der Waals surface area contributed by atoms with Gasteiger partial charge in [0.1, 0.15) is 0 Å². The lowest BCUT2D eigenvalue weighted by Crippen LogP contribution is -2.24. The van der Waals surface area contributed by atoms with Crippen molar-refractivity contribution in [2.75, 3.05) is 0 Å². The van der Waals surface area contributed by atoms with Gasteiger partial charge in [0.2, 0.25) is 0 Å². The molecule has 1 aliphatic heterocycles. The number of hydrogen-bond acceptors (Lipinski definition) is 3. The molecular formula is C19H29N3. The van der Waals surface area contributed by atoms with E-state index in [1.165, 1.54) is 44.9 Å². The summed E-state index contributed by atoms with van der Waals surface area (Å²) in [4.78, 5) is 0. The topological polar surface area (TPSA) is 59.6 Å². The van der Waals surface area contributed by atoms with Crippen molar-refractivity contribution in [2.24, 2.45) is 5.92 Å². The van der Waals surface area contributed by atoms with Crippen LogP contribution in [0, 0.1) is 28.6 Å². The molecule has 0 saturated heterocycles. The summed E-state index contributed by atoms with van der Waals surface area (Å²) in [5.41, 5.74) is 3.29. The molecule has 0 spiro atoms. The Bertz CT molecular complexity index is 464. The Balaban J connectivity index is 2.43. The van der Waals surface area contributed by atoms with Crippen molar-refractivity contribution in [3.8, 4) is 12.1 Å². The van der Waals surface area contributed by atoms with Gasteiger partial charge >= 0.3 is 0 Å². The van der Waals surface area contributed by atoms with Crippen molar-refractivity contribution >= 4 is 0 Å². The SMILES string of the molecule is CCCCCCCCCCC1C(C#N)=C(C)NC(C)=C1C#N. The van der Waals surface area contributed by atoms with Crippen molar-refractivity contribution in [1.82, 2.24) is 5.32 Å². The summed E-state index contributed by atoms with van der Waals surface area (Å²) >= 11 is 0. The fraction of sp³-hybridized carbons (Fsp3) is 0.684. The summed E-state index contributed by atoms with van der Waals surface area (Å²) in [6.07, 6.45) is 11.1. The van der Waals surface area contributed by atoms with Gasteiger partial charge in [0.25, 0.3) is 0 Å². The van der Waals surface area contributed by atoms with E-state index in [-0.39, 0.29) is 5.92 Å². The fourth-order valence-corrected chi connectivity index (χ4v) is 3.18. The van der Waals surface area contributed by atoms with Crippen molar-refractivity contribution in [3.63, 3.8) is 0 Å². The maximum atomic E-state index is 9.37. The van der Waals surface area contributed by atoms with E-state index >= 15 is 0 Å². The van der Waals surface area contributed by atoms with E-state index in [9.17, 15) is 10.5 Å². The number of unbranched alkanes of at least 4 members (excludes halogenated alkanes) is 7. The molecule has 1 N–H and O–H groups in total. The van der Waals surface area contributed by atoms with Crippen LogP contribution in [0.1, 0.15) is 78.6 Å². The summed E-state index contributed by atoms with van der Waals surface area (Å²) in [5, 5.41) is 21.9. The zero-order chi connectivity index (χ0) is 16.4. The highest BCUT2D eigenvalue weighted by molar-refractivity contribution is 5.46. The molecule has 3 nitrogen and oxygen atoms in total. The highest BCUT2D eigenvalue weighted by atomic mass is 14.9. The van der Waals surface area contributed by atoms with E-state index in [0.717, 1.165) is 35.4 Å². The van der Waals surface area contributed by atoms with Crippen molar-refractivity contribution in [3.05, 3.63) is 22.5 Å². The quantitative estimate of drug-likeness (QED) is 0.585. The van der Waals surface area contributed by atoms with Gasteiger partial charge in [-0.3, -0.25) is 0 Å². The summed E-state index contributed by atoms with van der Waals surface area (Å²) in [6.45, 7) is 6.09. The van der Waals surface area contributed by atoms with E-state index in [2.05, 4.69) is 24.4 Å². The van der Waals surface area contributed by atoms with E-state index < -0.39 is 0 Å². The molecule has 22 heavy (non-hydrogen) atoms. The fourth-order valence-electron chi connectivity index (χ4n) is 3.18. The number of allylic oxidation sites excluding steroid dienone is 4. The number of nitrogens with zero attached hydrogens (tertiary/aromatic N) is 2. The minimum absolute atomic E-state index is 0.00339. The highest BCUT2D eigenvalue weighted by Gasteiger charge is 2.26. The van der Waals surface area contributed by atoms with Crippen LogP contribution in [0.15, 0.2) is 22.5 Å². The molecule has 0 aromatic heterocycles. The van der Waals surface area contributed by atoms with Gasteiger partial charge < -0.3 is 5.32 Å². The third-order valence-electron chi connectivity index (χ3n) is 4.47. The first kappa shape index (κ1) is 18.3. The Labute approximate surface area is 135 Å². The molecule has 0 radical (unpaired) electrons. The second-order valence-corrected chi connectivity index (χ2v) is 6.24. The smallest absolute Gasteiger partial charge is 0.0972 e. The first-order chi connectivity index (χ1) is 10.7. The predicted octanol–water partition coefficient (Wildman–Crippen LogP) is 5.33. The van der Waals surface area contributed by atoms with E-state index in [1.807, 2.05) is 13.8 Å². The number of hydrogen-bond donors (Lipinski definition) is 1. The summed E-state index contributed by atoms with van der Waals surface area (Å²) in [6, 6.07) is 4.59. The van der Waals surface area contributed by atoms with Crippen LogP contribution in [0.4, 0.5) is 0 Å². The first-order valence-electron chi connectivity index (χ1n) is 8.64. The molecule has 0 bridgehead atoms. The molecule has 1 rings (SSSR count). The monoisotopic (exact) mass is 299 g/mol. The molecule has 0 aromatic rings. The minimum Gasteiger partial charge on any atom is -0.361 e. The van der Waals surface area contributed by atoms with Gasteiger partial charge in [-0.1, -0.05) is 58.3 Å². The lowest BCUT2D eigenvalue weighted by Gasteiger charge is -2.25. The van der Waals surface area contributed by atoms with E-state index in [4.69, 9.17) is 0 Å². The second kappa shape index (κ2) is 10.1. The summed E-state index contributed by atoms with van der Waals surface area (Å²) < 4.78 is 0. The maximum absolute atomic E-state index is 9.37. The van der Waals surface area contributed by atoms with Crippen molar-refractivity contribution in [2.45, 2.75) is 78.6 Å². The third-order valence-corrected chi connectivity index (χ3v) is 4.47. The molecule has 0 atom stereocenters. The normalized spacial score (nSPS) is 15.5. The lowest BCUT2D eigenvalue weighted by atomic mass is 9.83. The van der Waals surface area contributed by atoms with Crippen LogP contribution in [0.2, 0.25) is 0 Å². The molecule has 1 aliphatic rings. The maximum Gasteiger partial charge on any atom is 0.0972 e. The highest BCUT2D eigenvalue weighted by Crippen LogP contribution is 2.32. The molecule has 0 aliphatic carbocycles. The molecule has 0 fully saturated rings. The van der Waals surface area contributed by atoms with Crippen LogP contribution in [0.5, 0.6) is 0 Å². The number of rotatable bonds is 9. The number of nitrogens with one attached hydrogen (secondary N) is 1. The average molecular weight is 299 g/mol. The van der Waals surface area contributed by atoms with Gasteiger partial charge in [0, 0.05) is 17.3 Å². The molecular weight excluding hydrogens is 270 g/mol. The van der Waals surface area contributed by atoms with Gasteiger partial charge in [-0.05, 0) is 20.3 Å². The number of nitriles is 2. The van der Waals surface area contributed by atoms with Gasteiger partial charge in [0.05, 0.1) is 23.3 Å². The molecule has 0 saturated carbocycles. The standard InChI is InChI=1S/C19H29N3/c1-4-5-6-7-8-9-10-11-12-17-18(13-20)15(2)22-16(3)19(17)14-21/h17,22H,4-12H2,1-3H3. The second-order valence-electron chi connectivity index (χ2n) is 6.24. The Morgan fingerprint density at radius 2 is 1.27 bits per heavy atom. The molecule has 1 heterocycles. The molecule has 0 aromatic carbocycles. The molecule has 0 amide bonds.